The Bertz CT molecular complexity index is 1440. The van der Waals surface area contributed by atoms with E-state index in [1.54, 1.807) is 37.2 Å². The molecule has 1 aliphatic rings. The summed E-state index contributed by atoms with van der Waals surface area (Å²) in [4.78, 5) is 19.2. The molecule has 0 spiro atoms. The van der Waals surface area contributed by atoms with Crippen LogP contribution in [0.4, 0.5) is 19.0 Å². The second-order valence-corrected chi connectivity index (χ2v) is 12.2. The predicted octanol–water partition coefficient (Wildman–Crippen LogP) is 4.79. The van der Waals surface area contributed by atoms with Crippen molar-refractivity contribution in [3.63, 3.8) is 0 Å². The van der Waals surface area contributed by atoms with Crippen LogP contribution in [0.25, 0.3) is 11.3 Å². The van der Waals surface area contributed by atoms with Crippen LogP contribution in [0.5, 0.6) is 0 Å². The van der Waals surface area contributed by atoms with Crippen molar-refractivity contribution in [3.05, 3.63) is 76.1 Å². The van der Waals surface area contributed by atoms with E-state index in [2.05, 4.69) is 10.3 Å². The van der Waals surface area contributed by atoms with E-state index in [-0.39, 0.29) is 17.3 Å². The maximum Gasteiger partial charge on any atom is 0.416 e. The van der Waals surface area contributed by atoms with E-state index in [1.165, 1.54) is 30.3 Å². The summed E-state index contributed by atoms with van der Waals surface area (Å²) in [5, 5.41) is 2.76. The highest BCUT2D eigenvalue weighted by molar-refractivity contribution is 7.91. The van der Waals surface area contributed by atoms with Crippen molar-refractivity contribution in [2.45, 2.75) is 23.0 Å². The SMILES string of the molecule is CN(C)c1cc(CNC(=O)[C@@H]2C=CCN2S(=O)(=O)c2ccc(Cl)s2)cc(-c2ccc(C(F)(F)F)cc2)n1. The summed E-state index contributed by atoms with van der Waals surface area (Å²) in [5.41, 5.74) is 0.795. The zero-order valence-corrected chi connectivity index (χ0v) is 22.0. The van der Waals surface area contributed by atoms with E-state index in [1.807, 2.05) is 0 Å². The zero-order valence-electron chi connectivity index (χ0n) is 19.7. The maximum absolute atomic E-state index is 13.0. The van der Waals surface area contributed by atoms with Gasteiger partial charge in [0.1, 0.15) is 16.1 Å². The number of thiophene rings is 1. The summed E-state index contributed by atoms with van der Waals surface area (Å²) in [7, 11) is -0.387. The molecule has 0 fully saturated rings. The number of rotatable bonds is 7. The number of hydrogen-bond acceptors (Lipinski definition) is 6. The molecule has 37 heavy (non-hydrogen) atoms. The van der Waals surface area contributed by atoms with Crippen LogP contribution in [-0.4, -0.2) is 50.3 Å². The van der Waals surface area contributed by atoms with Crippen molar-refractivity contribution in [1.29, 1.82) is 0 Å². The van der Waals surface area contributed by atoms with Gasteiger partial charge in [0, 0.05) is 32.7 Å². The fourth-order valence-electron chi connectivity index (χ4n) is 3.69. The molecule has 0 unspecified atom stereocenters. The third kappa shape index (κ3) is 5.98. The molecule has 7 nitrogen and oxygen atoms in total. The van der Waals surface area contributed by atoms with E-state index in [9.17, 15) is 26.4 Å². The molecule has 1 amide bonds. The molecule has 1 aromatic carbocycles. The van der Waals surface area contributed by atoms with E-state index in [0.717, 1.165) is 27.8 Å². The smallest absolute Gasteiger partial charge is 0.363 e. The normalized spacial score (nSPS) is 16.2. The second-order valence-electron chi connectivity index (χ2n) is 8.41. The number of alkyl halides is 3. The van der Waals surface area contributed by atoms with Crippen LogP contribution < -0.4 is 10.2 Å². The Hall–Kier alpha value is -2.93. The third-order valence-electron chi connectivity index (χ3n) is 5.60. The Kier molecular flexibility index (Phi) is 7.65. The Morgan fingerprint density at radius 2 is 1.89 bits per heavy atom. The third-order valence-corrected chi connectivity index (χ3v) is 9.14. The number of halogens is 4. The van der Waals surface area contributed by atoms with Crippen LogP contribution in [0.3, 0.4) is 0 Å². The van der Waals surface area contributed by atoms with Gasteiger partial charge in [0.05, 0.1) is 15.6 Å². The van der Waals surface area contributed by atoms with Gasteiger partial charge in [0.2, 0.25) is 5.91 Å². The number of benzene rings is 1. The lowest BCUT2D eigenvalue weighted by molar-refractivity contribution is -0.137. The lowest BCUT2D eigenvalue weighted by Crippen LogP contribution is -2.45. The van der Waals surface area contributed by atoms with Gasteiger partial charge in [-0.25, -0.2) is 13.4 Å². The number of anilines is 1. The van der Waals surface area contributed by atoms with Crippen LogP contribution in [0, 0.1) is 0 Å². The number of sulfonamides is 1. The van der Waals surface area contributed by atoms with Gasteiger partial charge in [-0.1, -0.05) is 35.9 Å². The van der Waals surface area contributed by atoms with Gasteiger partial charge in [0.25, 0.3) is 10.0 Å². The number of pyridine rings is 1. The van der Waals surface area contributed by atoms with Crippen LogP contribution in [0.1, 0.15) is 11.1 Å². The van der Waals surface area contributed by atoms with Gasteiger partial charge < -0.3 is 10.2 Å². The molecule has 3 aromatic rings. The Morgan fingerprint density at radius 1 is 1.19 bits per heavy atom. The minimum atomic E-state index is -4.45. The van der Waals surface area contributed by atoms with Crippen molar-refractivity contribution < 1.29 is 26.4 Å². The summed E-state index contributed by atoms with van der Waals surface area (Å²) in [6.45, 7) is 0.104. The lowest BCUT2D eigenvalue weighted by atomic mass is 10.1. The van der Waals surface area contributed by atoms with E-state index in [0.29, 0.717) is 27.0 Å². The molecule has 2 aromatic heterocycles. The monoisotopic (exact) mass is 570 g/mol. The molecule has 4 rings (SSSR count). The van der Waals surface area contributed by atoms with Crippen molar-refractivity contribution in [3.8, 4) is 11.3 Å². The van der Waals surface area contributed by atoms with Gasteiger partial charge in [-0.2, -0.15) is 17.5 Å². The van der Waals surface area contributed by atoms with Gasteiger partial charge in [-0.05, 0) is 42.0 Å². The molecule has 0 saturated carbocycles. The van der Waals surface area contributed by atoms with Crippen molar-refractivity contribution >= 4 is 44.7 Å². The van der Waals surface area contributed by atoms with E-state index < -0.39 is 33.7 Å². The average molecular weight is 571 g/mol. The molecular weight excluding hydrogens is 549 g/mol. The molecule has 13 heteroatoms. The number of hydrogen-bond donors (Lipinski definition) is 1. The number of aromatic nitrogens is 1. The summed E-state index contributed by atoms with van der Waals surface area (Å²) in [5.74, 6) is 0.0282. The van der Waals surface area contributed by atoms with Gasteiger partial charge in [-0.3, -0.25) is 4.79 Å². The molecule has 1 aliphatic heterocycles. The first kappa shape index (κ1) is 27.1. The predicted molar refractivity (Wildman–Crippen MR) is 137 cm³/mol. The quantitative estimate of drug-likeness (QED) is 0.413. The van der Waals surface area contributed by atoms with Gasteiger partial charge >= 0.3 is 6.18 Å². The average Bonchev–Trinajstić information content (AvgIpc) is 3.52. The molecule has 1 N–H and O–H groups in total. The topological polar surface area (TPSA) is 82.6 Å². The highest BCUT2D eigenvalue weighted by Gasteiger charge is 2.37. The summed E-state index contributed by atoms with van der Waals surface area (Å²) < 4.78 is 66.3. The highest BCUT2D eigenvalue weighted by atomic mass is 35.5. The van der Waals surface area contributed by atoms with Gasteiger partial charge in [0.15, 0.2) is 0 Å². The standard InChI is InChI=1S/C24H22ClF3N4O3S2/c1-31(2)21-13-15(12-18(30-21)16-5-7-17(8-6-16)24(26,27)28)14-29-23(33)19-4-3-11-32(19)37(34,35)22-10-9-20(25)36-22/h3-10,12-13,19H,11,14H2,1-2H3,(H,29,33)/t19-/m0/s1. The molecule has 0 saturated heterocycles. The minimum absolute atomic E-state index is 0.0462. The number of nitrogens with zero attached hydrogens (tertiary/aromatic N) is 3. The van der Waals surface area contributed by atoms with Gasteiger partial charge in [-0.15, -0.1) is 11.3 Å². The molecule has 1 atom stereocenters. The number of carbonyl (C=O) groups is 1. The van der Waals surface area contributed by atoms with Crippen molar-refractivity contribution in [1.82, 2.24) is 14.6 Å². The van der Waals surface area contributed by atoms with Crippen molar-refractivity contribution in [2.75, 3.05) is 25.5 Å². The molecule has 196 valence electrons. The number of amides is 1. The van der Waals surface area contributed by atoms with Crippen LogP contribution in [0.15, 0.2) is 64.9 Å². The van der Waals surface area contributed by atoms with Crippen LogP contribution in [0.2, 0.25) is 4.34 Å². The van der Waals surface area contributed by atoms with Crippen molar-refractivity contribution in [2.24, 2.45) is 0 Å². The summed E-state index contributed by atoms with van der Waals surface area (Å²) in [6.07, 6.45) is -1.32. The number of carbonyl (C=O) groups excluding carboxylic acids is 1. The zero-order chi connectivity index (χ0) is 27.0. The molecular formula is C24H22ClF3N4O3S2. The fourth-order valence-corrected chi connectivity index (χ4v) is 6.80. The second kappa shape index (κ2) is 10.4. The summed E-state index contributed by atoms with van der Waals surface area (Å²) in [6, 6.07) is 9.92. The van der Waals surface area contributed by atoms with E-state index in [4.69, 9.17) is 11.6 Å². The van der Waals surface area contributed by atoms with Crippen LogP contribution in [-0.2, 0) is 27.5 Å². The summed E-state index contributed by atoms with van der Waals surface area (Å²) >= 11 is 6.81. The maximum atomic E-state index is 13.0. The molecule has 0 bridgehead atoms. The Balaban J connectivity index is 1.53. The molecule has 0 aliphatic carbocycles. The minimum Gasteiger partial charge on any atom is -0.363 e. The largest absolute Gasteiger partial charge is 0.416 e. The fraction of sp³-hybridized carbons (Fsp3) is 0.250. The molecule has 0 radical (unpaired) electrons. The lowest BCUT2D eigenvalue weighted by Gasteiger charge is -2.22. The van der Waals surface area contributed by atoms with E-state index >= 15 is 0 Å². The highest BCUT2D eigenvalue weighted by Crippen LogP contribution is 2.32. The first-order chi connectivity index (χ1) is 17.4. The number of nitrogens with one attached hydrogen (secondary N) is 1. The Labute approximate surface area is 221 Å². The molecule has 3 heterocycles. The first-order valence-electron chi connectivity index (χ1n) is 10.9. The first-order valence-corrected chi connectivity index (χ1v) is 13.6. The Morgan fingerprint density at radius 3 is 2.49 bits per heavy atom. The van der Waals surface area contributed by atoms with Crippen LogP contribution >= 0.6 is 22.9 Å².